The van der Waals surface area contributed by atoms with Gasteiger partial charge in [0.2, 0.25) is 5.88 Å². The van der Waals surface area contributed by atoms with E-state index in [-0.39, 0.29) is 17.7 Å². The highest BCUT2D eigenvalue weighted by molar-refractivity contribution is 6.29. The third-order valence-corrected chi connectivity index (χ3v) is 5.52. The van der Waals surface area contributed by atoms with E-state index >= 15 is 0 Å². The van der Waals surface area contributed by atoms with Gasteiger partial charge in [-0.2, -0.15) is 10.1 Å². The highest BCUT2D eigenvalue weighted by atomic mass is 35.5. The molecule has 2 heterocycles. The van der Waals surface area contributed by atoms with Crippen molar-refractivity contribution in [2.24, 2.45) is 5.92 Å². The van der Waals surface area contributed by atoms with E-state index in [4.69, 9.17) is 21.1 Å². The van der Waals surface area contributed by atoms with E-state index in [1.54, 1.807) is 28.9 Å². The van der Waals surface area contributed by atoms with Gasteiger partial charge in [0.15, 0.2) is 5.15 Å². The number of hydrogen-bond donors (Lipinski definition) is 0. The highest BCUT2D eigenvalue weighted by Crippen LogP contribution is 2.54. The summed E-state index contributed by atoms with van der Waals surface area (Å²) in [5.41, 5.74) is -0.00990. The zero-order chi connectivity index (χ0) is 19.4. The number of ether oxygens (including phenoxy) is 2. The minimum absolute atomic E-state index is 0.0977. The number of aromatic nitrogens is 3. The predicted octanol–water partition coefficient (Wildman–Crippen LogP) is 3.94. The molecule has 0 aromatic carbocycles. The lowest BCUT2D eigenvalue weighted by atomic mass is 9.71. The Morgan fingerprint density at radius 3 is 2.70 bits per heavy atom. The van der Waals surface area contributed by atoms with Crippen molar-refractivity contribution < 1.29 is 14.3 Å². The Morgan fingerprint density at radius 1 is 1.37 bits per heavy atom. The zero-order valence-corrected chi connectivity index (χ0v) is 16.9. The quantitative estimate of drug-likeness (QED) is 0.788. The first kappa shape index (κ1) is 18.3. The maximum Gasteiger partial charge on any atom is 0.410 e. The van der Waals surface area contributed by atoms with Gasteiger partial charge in [-0.3, -0.25) is 0 Å². The molecule has 2 fully saturated rings. The number of amides is 1. The Kier molecular flexibility index (Phi) is 4.25. The molecule has 0 spiro atoms. The maximum absolute atomic E-state index is 12.4. The first-order chi connectivity index (χ1) is 12.7. The van der Waals surface area contributed by atoms with Crippen molar-refractivity contribution in [2.75, 3.05) is 7.05 Å². The molecule has 2 aromatic rings. The summed E-state index contributed by atoms with van der Waals surface area (Å²) in [6.07, 6.45) is 6.87. The minimum Gasteiger partial charge on any atom is -0.469 e. The van der Waals surface area contributed by atoms with Crippen molar-refractivity contribution >= 4 is 23.2 Å². The van der Waals surface area contributed by atoms with Crippen LogP contribution in [-0.2, 0) is 4.74 Å². The molecular weight excluding hydrogens is 368 g/mol. The molecule has 2 saturated carbocycles. The highest BCUT2D eigenvalue weighted by Gasteiger charge is 2.58. The Balaban J connectivity index is 1.50. The van der Waals surface area contributed by atoms with Gasteiger partial charge in [0.25, 0.3) is 0 Å². The van der Waals surface area contributed by atoms with Crippen LogP contribution in [0.1, 0.15) is 46.5 Å². The number of fused-ring (bicyclic) bond motifs is 1. The molecule has 0 bridgehead atoms. The SMILES string of the molecule is CN(C(=O)OC(C)(C)C)C1CC(Oc2nc(Cl)cn3nccc23)(C2CC2)C1. The molecule has 4 rings (SSSR count). The third-order valence-electron chi connectivity index (χ3n) is 5.34. The molecule has 146 valence electrons. The molecule has 7 nitrogen and oxygen atoms in total. The van der Waals surface area contributed by atoms with Crippen molar-refractivity contribution in [1.82, 2.24) is 19.5 Å². The van der Waals surface area contributed by atoms with E-state index in [9.17, 15) is 4.79 Å². The average molecular weight is 393 g/mol. The molecule has 0 N–H and O–H groups in total. The second-order valence-corrected chi connectivity index (χ2v) is 9.01. The van der Waals surface area contributed by atoms with Gasteiger partial charge >= 0.3 is 6.09 Å². The van der Waals surface area contributed by atoms with E-state index in [1.165, 1.54) is 0 Å². The number of halogens is 1. The van der Waals surface area contributed by atoms with Gasteiger partial charge in [0.1, 0.15) is 16.7 Å². The monoisotopic (exact) mass is 392 g/mol. The number of nitrogens with zero attached hydrogens (tertiary/aromatic N) is 4. The Hall–Kier alpha value is -2.02. The van der Waals surface area contributed by atoms with Crippen LogP contribution in [0.5, 0.6) is 5.88 Å². The topological polar surface area (TPSA) is 69.0 Å². The van der Waals surface area contributed by atoms with Gasteiger partial charge in [-0.05, 0) is 45.6 Å². The van der Waals surface area contributed by atoms with Crippen LogP contribution in [-0.4, -0.2) is 49.9 Å². The maximum atomic E-state index is 12.4. The molecule has 1 amide bonds. The van der Waals surface area contributed by atoms with Gasteiger partial charge in [-0.15, -0.1) is 0 Å². The smallest absolute Gasteiger partial charge is 0.410 e. The predicted molar refractivity (Wildman–Crippen MR) is 101 cm³/mol. The van der Waals surface area contributed by atoms with Crippen LogP contribution in [0.3, 0.4) is 0 Å². The van der Waals surface area contributed by atoms with Crippen molar-refractivity contribution in [3.8, 4) is 5.88 Å². The van der Waals surface area contributed by atoms with Gasteiger partial charge in [0.05, 0.1) is 12.4 Å². The van der Waals surface area contributed by atoms with E-state index in [0.717, 1.165) is 31.2 Å². The van der Waals surface area contributed by atoms with Crippen molar-refractivity contribution in [3.05, 3.63) is 23.6 Å². The summed E-state index contributed by atoms with van der Waals surface area (Å²) in [6.45, 7) is 5.62. The summed E-state index contributed by atoms with van der Waals surface area (Å²) < 4.78 is 13.6. The summed E-state index contributed by atoms with van der Waals surface area (Å²) in [6, 6.07) is 1.96. The van der Waals surface area contributed by atoms with Gasteiger partial charge < -0.3 is 14.4 Å². The molecule has 8 heteroatoms. The number of rotatable bonds is 4. The molecule has 2 aromatic heterocycles. The number of carbonyl (C=O) groups is 1. The molecular formula is C19H25ClN4O3. The lowest BCUT2D eigenvalue weighted by molar-refractivity contribution is -0.0844. The van der Waals surface area contributed by atoms with Crippen LogP contribution in [0.2, 0.25) is 5.15 Å². The lowest BCUT2D eigenvalue weighted by Crippen LogP contribution is -2.60. The summed E-state index contributed by atoms with van der Waals surface area (Å²) in [4.78, 5) is 18.4. The van der Waals surface area contributed by atoms with Crippen LogP contribution < -0.4 is 4.74 Å². The van der Waals surface area contributed by atoms with E-state index < -0.39 is 5.60 Å². The largest absolute Gasteiger partial charge is 0.469 e. The van der Waals surface area contributed by atoms with E-state index in [2.05, 4.69) is 10.1 Å². The second kappa shape index (κ2) is 6.26. The van der Waals surface area contributed by atoms with Crippen LogP contribution in [0.25, 0.3) is 5.52 Å². The number of hydrogen-bond acceptors (Lipinski definition) is 5. The fourth-order valence-corrected chi connectivity index (χ4v) is 3.91. The summed E-state index contributed by atoms with van der Waals surface area (Å²) in [5.74, 6) is 0.995. The molecule has 2 aliphatic rings. The Bertz CT molecular complexity index is 865. The summed E-state index contributed by atoms with van der Waals surface area (Å²) in [5, 5.41) is 4.56. The van der Waals surface area contributed by atoms with Gasteiger partial charge in [-0.1, -0.05) is 11.6 Å². The van der Waals surface area contributed by atoms with Crippen LogP contribution >= 0.6 is 11.6 Å². The second-order valence-electron chi connectivity index (χ2n) is 8.62. The first-order valence-electron chi connectivity index (χ1n) is 9.32. The molecule has 0 saturated heterocycles. The molecule has 2 aliphatic carbocycles. The molecule has 27 heavy (non-hydrogen) atoms. The Labute approximate surface area is 163 Å². The third kappa shape index (κ3) is 3.57. The molecule has 0 aliphatic heterocycles. The van der Waals surface area contributed by atoms with E-state index in [1.807, 2.05) is 26.8 Å². The molecule has 0 atom stereocenters. The zero-order valence-electron chi connectivity index (χ0n) is 16.1. The standard InChI is InChI=1S/C19H25ClN4O3/c1-18(2,3)27-17(25)23(4)13-9-19(10-13,12-5-6-12)26-16-14-7-8-21-24(14)11-15(20)22-16/h7-8,11-13H,5-6,9-10H2,1-4H3. The van der Waals surface area contributed by atoms with Gasteiger partial charge in [-0.25, -0.2) is 9.31 Å². The fourth-order valence-electron chi connectivity index (χ4n) is 3.74. The van der Waals surface area contributed by atoms with E-state index in [0.29, 0.717) is 17.0 Å². The lowest BCUT2D eigenvalue weighted by Gasteiger charge is -2.50. The Morgan fingerprint density at radius 2 is 2.07 bits per heavy atom. The average Bonchev–Trinajstić information content (AvgIpc) is 3.26. The molecule has 0 unspecified atom stereocenters. The van der Waals surface area contributed by atoms with Crippen molar-refractivity contribution in [2.45, 2.75) is 63.7 Å². The minimum atomic E-state index is -0.502. The summed E-state index contributed by atoms with van der Waals surface area (Å²) >= 11 is 6.13. The normalized spacial score (nSPS) is 25.1. The number of carbonyl (C=O) groups excluding carboxylic acids is 1. The van der Waals surface area contributed by atoms with Gasteiger partial charge in [0, 0.05) is 25.9 Å². The van der Waals surface area contributed by atoms with Crippen molar-refractivity contribution in [1.29, 1.82) is 0 Å². The summed E-state index contributed by atoms with van der Waals surface area (Å²) in [7, 11) is 1.79. The van der Waals surface area contributed by atoms with Crippen LogP contribution in [0, 0.1) is 5.92 Å². The first-order valence-corrected chi connectivity index (χ1v) is 9.69. The van der Waals surface area contributed by atoms with Crippen LogP contribution in [0.4, 0.5) is 4.79 Å². The van der Waals surface area contributed by atoms with Crippen LogP contribution in [0.15, 0.2) is 18.5 Å². The molecule has 0 radical (unpaired) electrons. The van der Waals surface area contributed by atoms with Crippen molar-refractivity contribution in [3.63, 3.8) is 0 Å². The fraction of sp³-hybridized carbons (Fsp3) is 0.632.